The number of nitrogens with zero attached hydrogens (tertiary/aromatic N) is 1. The lowest BCUT2D eigenvalue weighted by molar-refractivity contribution is 0.101. The van der Waals surface area contributed by atoms with E-state index in [1.807, 2.05) is 12.1 Å². The van der Waals surface area contributed by atoms with Crippen molar-refractivity contribution in [1.29, 1.82) is 0 Å². The SMILES string of the molecule is Cc1ccc(-c2ccc(C3=NC(=O)c4c(-c5ccc(-c6ccc(C)s6)s5)[nH]c(O)c43)s2)s1. The predicted molar refractivity (Wildman–Crippen MR) is 136 cm³/mol. The van der Waals surface area contributed by atoms with Crippen molar-refractivity contribution < 1.29 is 9.90 Å². The van der Waals surface area contributed by atoms with E-state index in [0.29, 0.717) is 22.5 Å². The number of aromatic nitrogens is 1. The maximum absolute atomic E-state index is 12.9. The van der Waals surface area contributed by atoms with Gasteiger partial charge in [0.1, 0.15) is 0 Å². The van der Waals surface area contributed by atoms with Crippen LogP contribution in [0.3, 0.4) is 0 Å². The molecule has 0 fully saturated rings. The number of amides is 1. The third kappa shape index (κ3) is 3.14. The molecule has 32 heavy (non-hydrogen) atoms. The Morgan fingerprint density at radius 2 is 1.19 bits per heavy atom. The highest BCUT2D eigenvalue weighted by atomic mass is 32.1. The smallest absolute Gasteiger partial charge is 0.280 e. The normalized spacial score (nSPS) is 13.1. The lowest BCUT2D eigenvalue weighted by Gasteiger charge is -1.97. The molecule has 1 aliphatic rings. The lowest BCUT2D eigenvalue weighted by Crippen LogP contribution is -1.96. The van der Waals surface area contributed by atoms with E-state index in [2.05, 4.69) is 60.2 Å². The number of aryl methyl sites for hydroxylation is 2. The van der Waals surface area contributed by atoms with Gasteiger partial charge in [0, 0.05) is 29.3 Å². The van der Waals surface area contributed by atoms with Gasteiger partial charge >= 0.3 is 0 Å². The molecule has 2 N–H and O–H groups in total. The molecular formula is C24H16N2O2S4. The van der Waals surface area contributed by atoms with Crippen LogP contribution in [0.5, 0.6) is 5.88 Å². The van der Waals surface area contributed by atoms with E-state index in [-0.39, 0.29) is 11.8 Å². The first-order valence-electron chi connectivity index (χ1n) is 9.90. The molecule has 8 heteroatoms. The molecule has 6 rings (SSSR count). The number of nitrogens with one attached hydrogen (secondary N) is 1. The van der Waals surface area contributed by atoms with E-state index >= 15 is 0 Å². The quantitative estimate of drug-likeness (QED) is 0.272. The summed E-state index contributed by atoms with van der Waals surface area (Å²) in [5, 5.41) is 10.7. The number of aromatic amines is 1. The molecule has 0 unspecified atom stereocenters. The van der Waals surface area contributed by atoms with Gasteiger partial charge in [-0.3, -0.25) is 4.79 Å². The maximum Gasteiger partial charge on any atom is 0.280 e. The molecule has 0 bridgehead atoms. The van der Waals surface area contributed by atoms with Gasteiger partial charge in [-0.2, -0.15) is 0 Å². The summed E-state index contributed by atoms with van der Waals surface area (Å²) in [6.45, 7) is 4.18. The Morgan fingerprint density at radius 1 is 0.688 bits per heavy atom. The van der Waals surface area contributed by atoms with E-state index in [9.17, 15) is 9.90 Å². The average Bonchev–Trinajstić information content (AvgIpc) is 3.55. The van der Waals surface area contributed by atoms with Gasteiger partial charge < -0.3 is 10.1 Å². The van der Waals surface area contributed by atoms with E-state index < -0.39 is 0 Å². The Bertz CT molecular complexity index is 1540. The lowest BCUT2D eigenvalue weighted by atomic mass is 10.1. The highest BCUT2D eigenvalue weighted by Crippen LogP contribution is 2.44. The molecule has 158 valence electrons. The van der Waals surface area contributed by atoms with Crippen molar-refractivity contribution >= 4 is 57.0 Å². The van der Waals surface area contributed by atoms with Crippen LogP contribution in [-0.2, 0) is 0 Å². The van der Waals surface area contributed by atoms with Crippen molar-refractivity contribution in [3.63, 3.8) is 0 Å². The second-order valence-corrected chi connectivity index (χ2v) is 12.3. The molecule has 5 aromatic rings. The van der Waals surface area contributed by atoms with Gasteiger partial charge in [0.2, 0.25) is 0 Å². The zero-order chi connectivity index (χ0) is 22.0. The molecular weight excluding hydrogens is 477 g/mol. The predicted octanol–water partition coefficient (Wildman–Crippen LogP) is 7.58. The van der Waals surface area contributed by atoms with Gasteiger partial charge in [0.25, 0.3) is 5.91 Å². The fourth-order valence-corrected chi connectivity index (χ4v) is 7.77. The molecule has 4 nitrogen and oxygen atoms in total. The second kappa shape index (κ2) is 7.38. The van der Waals surface area contributed by atoms with Crippen molar-refractivity contribution in [2.24, 2.45) is 4.99 Å². The average molecular weight is 493 g/mol. The number of rotatable bonds is 4. The van der Waals surface area contributed by atoms with Crippen LogP contribution in [0, 0.1) is 13.8 Å². The molecule has 5 aromatic heterocycles. The summed E-state index contributed by atoms with van der Waals surface area (Å²) in [7, 11) is 0. The zero-order valence-electron chi connectivity index (χ0n) is 17.1. The molecule has 0 saturated heterocycles. The van der Waals surface area contributed by atoms with E-state index in [1.54, 1.807) is 45.3 Å². The van der Waals surface area contributed by atoms with Crippen LogP contribution < -0.4 is 0 Å². The van der Waals surface area contributed by atoms with Crippen LogP contribution in [-0.4, -0.2) is 21.7 Å². The molecule has 0 radical (unpaired) electrons. The first-order chi connectivity index (χ1) is 15.5. The first kappa shape index (κ1) is 19.9. The third-order valence-corrected chi connectivity index (χ3v) is 9.89. The molecule has 0 aromatic carbocycles. The molecule has 0 saturated carbocycles. The molecule has 0 atom stereocenters. The van der Waals surface area contributed by atoms with Gasteiger partial charge in [-0.15, -0.1) is 45.3 Å². The maximum atomic E-state index is 12.9. The third-order valence-electron chi connectivity index (χ3n) is 5.30. The molecule has 0 spiro atoms. The zero-order valence-corrected chi connectivity index (χ0v) is 20.3. The largest absolute Gasteiger partial charge is 0.494 e. The standard InChI is InChI=1S/C24H16N2O2S4/c1-11-3-5-13(29-11)15-7-9-17(31-15)21-19-20(24(28)25-21)22(26-23(19)27)18-10-8-16(32-18)14-6-4-12(2)30-14/h3-10,25,28H,1-2H3. The number of hydrogen-bond acceptors (Lipinski definition) is 6. The summed E-state index contributed by atoms with van der Waals surface area (Å²) in [6, 6.07) is 16.5. The van der Waals surface area contributed by atoms with Crippen LogP contribution in [0.25, 0.3) is 30.1 Å². The number of hydrogen-bond donors (Lipinski definition) is 2. The van der Waals surface area contributed by atoms with Crippen LogP contribution in [0.2, 0.25) is 0 Å². The van der Waals surface area contributed by atoms with E-state index in [0.717, 1.165) is 19.5 Å². The number of fused-ring (bicyclic) bond motifs is 1. The minimum absolute atomic E-state index is 0.0107. The number of aliphatic imine (C=N–C) groups is 1. The Labute approximate surface area is 200 Å². The van der Waals surface area contributed by atoms with Crippen molar-refractivity contribution in [3.05, 3.63) is 74.3 Å². The molecule has 6 heterocycles. The number of carbonyl (C=O) groups is 1. The minimum atomic E-state index is -0.314. The van der Waals surface area contributed by atoms with Gasteiger partial charge in [-0.1, -0.05) is 0 Å². The van der Waals surface area contributed by atoms with Crippen LogP contribution in [0.15, 0.2) is 53.5 Å². The monoisotopic (exact) mass is 492 g/mol. The molecule has 1 amide bonds. The number of aromatic hydroxyl groups is 1. The topological polar surface area (TPSA) is 65.5 Å². The van der Waals surface area contributed by atoms with Crippen LogP contribution >= 0.6 is 45.3 Å². The van der Waals surface area contributed by atoms with E-state index in [1.165, 1.54) is 19.5 Å². The van der Waals surface area contributed by atoms with Crippen molar-refractivity contribution in [2.75, 3.05) is 0 Å². The fourth-order valence-electron chi connectivity index (χ4n) is 3.84. The fraction of sp³-hybridized carbons (Fsp3) is 0.0833. The summed E-state index contributed by atoms with van der Waals surface area (Å²) >= 11 is 6.67. The molecule has 1 aliphatic heterocycles. The molecule has 0 aliphatic carbocycles. The summed E-state index contributed by atoms with van der Waals surface area (Å²) < 4.78 is 0. The minimum Gasteiger partial charge on any atom is -0.494 e. The van der Waals surface area contributed by atoms with Crippen LogP contribution in [0.1, 0.15) is 30.6 Å². The van der Waals surface area contributed by atoms with Gasteiger partial charge in [-0.05, 0) is 62.4 Å². The first-order valence-corrected chi connectivity index (χ1v) is 13.2. The number of H-pyrrole nitrogens is 1. The number of carbonyl (C=O) groups excluding carboxylic acids is 1. The summed E-state index contributed by atoms with van der Waals surface area (Å²) in [4.78, 5) is 29.3. The van der Waals surface area contributed by atoms with Crippen molar-refractivity contribution in [3.8, 4) is 36.0 Å². The summed E-state index contributed by atoms with van der Waals surface area (Å²) in [5.74, 6) is -0.325. The second-order valence-electron chi connectivity index (χ2n) is 7.51. The highest BCUT2D eigenvalue weighted by Gasteiger charge is 2.34. The van der Waals surface area contributed by atoms with Crippen molar-refractivity contribution in [1.82, 2.24) is 4.98 Å². The van der Waals surface area contributed by atoms with Crippen LogP contribution in [0.4, 0.5) is 0 Å². The Morgan fingerprint density at radius 3 is 1.78 bits per heavy atom. The Hall–Kier alpha value is -2.78. The van der Waals surface area contributed by atoms with Gasteiger partial charge in [0.05, 0.1) is 32.3 Å². The van der Waals surface area contributed by atoms with Gasteiger partial charge in [-0.25, -0.2) is 4.99 Å². The Balaban J connectivity index is 1.39. The van der Waals surface area contributed by atoms with Crippen molar-refractivity contribution in [2.45, 2.75) is 13.8 Å². The summed E-state index contributed by atoms with van der Waals surface area (Å²) in [6.07, 6.45) is 0. The Kier molecular flexibility index (Phi) is 4.58. The number of thiophene rings is 4. The van der Waals surface area contributed by atoms with E-state index in [4.69, 9.17) is 0 Å². The highest BCUT2D eigenvalue weighted by molar-refractivity contribution is 7.24. The van der Waals surface area contributed by atoms with Gasteiger partial charge in [0.15, 0.2) is 5.88 Å². The summed E-state index contributed by atoms with van der Waals surface area (Å²) in [5.41, 5.74) is 2.13.